The average molecular weight is 537 g/mol. The fourth-order valence-electron chi connectivity index (χ4n) is 4.49. The van der Waals surface area contributed by atoms with E-state index < -0.39 is 5.97 Å². The molecule has 1 aromatic heterocycles. The number of nitrogens with one attached hydrogen (secondary N) is 1. The molecule has 3 rings (SSSR count). The molecule has 0 aliphatic heterocycles. The van der Waals surface area contributed by atoms with Gasteiger partial charge in [0.2, 0.25) is 0 Å². The molecule has 39 heavy (non-hydrogen) atoms. The summed E-state index contributed by atoms with van der Waals surface area (Å²) in [5.41, 5.74) is 3.58. The monoisotopic (exact) mass is 536 g/mol. The highest BCUT2D eigenvalue weighted by atomic mass is 16.5. The lowest BCUT2D eigenvalue weighted by atomic mass is 9.95. The number of likely N-dealkylation sites (N-methyl/N-ethyl adjacent to an activating group) is 1. The molecular weight excluding hydrogens is 496 g/mol. The van der Waals surface area contributed by atoms with Crippen LogP contribution in [0.1, 0.15) is 66.9 Å². The van der Waals surface area contributed by atoms with Gasteiger partial charge < -0.3 is 24.4 Å². The molecular formula is C30H40N4O5. The van der Waals surface area contributed by atoms with Gasteiger partial charge in [-0.25, -0.2) is 9.48 Å². The van der Waals surface area contributed by atoms with Gasteiger partial charge in [0, 0.05) is 18.7 Å². The van der Waals surface area contributed by atoms with Gasteiger partial charge in [-0.05, 0) is 67.9 Å². The minimum absolute atomic E-state index is 0.0674. The Morgan fingerprint density at radius 1 is 1.00 bits per heavy atom. The van der Waals surface area contributed by atoms with Crippen molar-refractivity contribution < 1.29 is 23.8 Å². The third-order valence-electron chi connectivity index (χ3n) is 6.63. The maximum absolute atomic E-state index is 13.2. The van der Waals surface area contributed by atoms with E-state index in [1.165, 1.54) is 0 Å². The Morgan fingerprint density at radius 2 is 1.67 bits per heavy atom. The van der Waals surface area contributed by atoms with Crippen LogP contribution < -0.4 is 14.8 Å². The van der Waals surface area contributed by atoms with Crippen LogP contribution >= 0.6 is 0 Å². The molecule has 0 saturated heterocycles. The number of benzene rings is 2. The largest absolute Gasteiger partial charge is 0.496 e. The SMILES string of the molecule is CCOC(=O)c1cc(-c2c(OC)cccc2OC)n(-c2ccc(C(=O)NCCN(CC)CC)c(C(C)C)c2)n1. The standard InChI is InChI=1S/C30H40N4O5/c1-8-33(9-2)17-16-31-29(35)22-15-14-21(18-23(22)20(4)5)34-25(19-24(32-34)30(36)39-10-3)28-26(37-6)12-11-13-27(28)38-7/h11-15,18-20H,8-10,16-17H2,1-7H3,(H,31,35). The molecule has 0 radical (unpaired) electrons. The number of carbonyl (C=O) groups is 2. The average Bonchev–Trinajstić information content (AvgIpc) is 3.39. The first-order valence-corrected chi connectivity index (χ1v) is 13.4. The van der Waals surface area contributed by atoms with E-state index in [4.69, 9.17) is 14.2 Å². The van der Waals surface area contributed by atoms with E-state index in [9.17, 15) is 9.59 Å². The van der Waals surface area contributed by atoms with Crippen molar-refractivity contribution in [2.45, 2.75) is 40.5 Å². The maximum Gasteiger partial charge on any atom is 0.358 e. The number of aromatic nitrogens is 2. The maximum atomic E-state index is 13.2. The molecule has 0 atom stereocenters. The lowest BCUT2D eigenvalue weighted by Crippen LogP contribution is -2.35. The number of esters is 1. The Bertz CT molecular complexity index is 1260. The van der Waals surface area contributed by atoms with Crippen LogP contribution in [0.4, 0.5) is 0 Å². The Morgan fingerprint density at radius 3 is 2.23 bits per heavy atom. The Labute approximate surface area is 231 Å². The van der Waals surface area contributed by atoms with Gasteiger partial charge in [-0.2, -0.15) is 5.10 Å². The van der Waals surface area contributed by atoms with E-state index in [2.05, 4.69) is 29.2 Å². The molecule has 1 N–H and O–H groups in total. The lowest BCUT2D eigenvalue weighted by molar-refractivity contribution is 0.0518. The van der Waals surface area contributed by atoms with Crippen LogP contribution in [0.3, 0.4) is 0 Å². The van der Waals surface area contributed by atoms with E-state index >= 15 is 0 Å². The minimum atomic E-state index is -0.528. The van der Waals surface area contributed by atoms with Crippen molar-refractivity contribution in [3.63, 3.8) is 0 Å². The molecule has 210 valence electrons. The highest BCUT2D eigenvalue weighted by Gasteiger charge is 2.24. The highest BCUT2D eigenvalue weighted by Crippen LogP contribution is 2.40. The quantitative estimate of drug-likeness (QED) is 0.310. The second-order valence-corrected chi connectivity index (χ2v) is 9.29. The van der Waals surface area contributed by atoms with Crippen molar-refractivity contribution in [2.75, 3.05) is 47.0 Å². The fourth-order valence-corrected chi connectivity index (χ4v) is 4.49. The first-order valence-electron chi connectivity index (χ1n) is 13.4. The zero-order valence-electron chi connectivity index (χ0n) is 24.0. The Kier molecular flexibility index (Phi) is 10.5. The van der Waals surface area contributed by atoms with Crippen molar-refractivity contribution >= 4 is 11.9 Å². The van der Waals surface area contributed by atoms with E-state index in [0.29, 0.717) is 40.6 Å². The Balaban J connectivity index is 2.10. The number of amides is 1. The summed E-state index contributed by atoms with van der Waals surface area (Å²) < 4.78 is 18.2. The second-order valence-electron chi connectivity index (χ2n) is 9.29. The van der Waals surface area contributed by atoms with Gasteiger partial charge in [-0.3, -0.25) is 4.79 Å². The molecule has 9 nitrogen and oxygen atoms in total. The van der Waals surface area contributed by atoms with Crippen LogP contribution in [0.2, 0.25) is 0 Å². The van der Waals surface area contributed by atoms with Gasteiger partial charge in [0.15, 0.2) is 5.69 Å². The lowest BCUT2D eigenvalue weighted by Gasteiger charge is -2.19. The van der Waals surface area contributed by atoms with Gasteiger partial charge in [0.25, 0.3) is 5.91 Å². The van der Waals surface area contributed by atoms with Crippen LogP contribution in [0.25, 0.3) is 16.9 Å². The fraction of sp³-hybridized carbons (Fsp3) is 0.433. The van der Waals surface area contributed by atoms with Gasteiger partial charge in [0.05, 0.1) is 37.8 Å². The molecule has 0 aliphatic carbocycles. The summed E-state index contributed by atoms with van der Waals surface area (Å²) in [7, 11) is 3.16. The molecule has 1 amide bonds. The normalized spacial score (nSPS) is 11.1. The number of carbonyl (C=O) groups excluding carboxylic acids is 2. The molecule has 0 unspecified atom stereocenters. The topological polar surface area (TPSA) is 94.9 Å². The van der Waals surface area contributed by atoms with Gasteiger partial charge in [-0.15, -0.1) is 0 Å². The van der Waals surface area contributed by atoms with Crippen LogP contribution in [0.5, 0.6) is 11.5 Å². The molecule has 0 aliphatic rings. The second kappa shape index (κ2) is 13.8. The van der Waals surface area contributed by atoms with Gasteiger partial charge in [-0.1, -0.05) is 33.8 Å². The summed E-state index contributed by atoms with van der Waals surface area (Å²) in [4.78, 5) is 28.1. The molecule has 0 spiro atoms. The number of methoxy groups -OCH3 is 2. The van der Waals surface area contributed by atoms with Crippen LogP contribution in [-0.2, 0) is 4.74 Å². The zero-order chi connectivity index (χ0) is 28.5. The predicted molar refractivity (Wildman–Crippen MR) is 152 cm³/mol. The third kappa shape index (κ3) is 6.78. The predicted octanol–water partition coefficient (Wildman–Crippen LogP) is 4.93. The first kappa shape index (κ1) is 29.7. The summed E-state index contributed by atoms with van der Waals surface area (Å²) in [6.45, 7) is 13.5. The van der Waals surface area contributed by atoms with Crippen LogP contribution in [-0.4, -0.2) is 73.6 Å². The minimum Gasteiger partial charge on any atom is -0.496 e. The van der Waals surface area contributed by atoms with Crippen molar-refractivity contribution in [2.24, 2.45) is 0 Å². The molecule has 1 heterocycles. The van der Waals surface area contributed by atoms with Gasteiger partial charge >= 0.3 is 5.97 Å². The molecule has 2 aromatic carbocycles. The van der Waals surface area contributed by atoms with E-state index in [0.717, 1.165) is 25.2 Å². The molecule has 0 bridgehead atoms. The van der Waals surface area contributed by atoms with Crippen molar-refractivity contribution in [1.29, 1.82) is 0 Å². The molecule has 0 fully saturated rings. The summed E-state index contributed by atoms with van der Waals surface area (Å²) >= 11 is 0. The van der Waals surface area contributed by atoms with Crippen molar-refractivity contribution in [3.8, 4) is 28.4 Å². The Hall–Kier alpha value is -3.85. The number of nitrogens with zero attached hydrogens (tertiary/aromatic N) is 3. The number of ether oxygens (including phenoxy) is 3. The highest BCUT2D eigenvalue weighted by molar-refractivity contribution is 5.96. The first-order chi connectivity index (χ1) is 18.8. The summed E-state index contributed by atoms with van der Waals surface area (Å²) in [6, 6.07) is 12.7. The van der Waals surface area contributed by atoms with Gasteiger partial charge in [0.1, 0.15) is 11.5 Å². The molecule has 3 aromatic rings. The van der Waals surface area contributed by atoms with Crippen LogP contribution in [0.15, 0.2) is 42.5 Å². The summed E-state index contributed by atoms with van der Waals surface area (Å²) in [6.07, 6.45) is 0. The summed E-state index contributed by atoms with van der Waals surface area (Å²) in [5.74, 6) is 0.563. The number of hydrogen-bond donors (Lipinski definition) is 1. The van der Waals surface area contributed by atoms with E-state index in [1.807, 2.05) is 50.2 Å². The smallest absolute Gasteiger partial charge is 0.358 e. The number of hydrogen-bond acceptors (Lipinski definition) is 7. The molecule has 9 heteroatoms. The molecule has 0 saturated carbocycles. The van der Waals surface area contributed by atoms with E-state index in [-0.39, 0.29) is 24.1 Å². The van der Waals surface area contributed by atoms with Crippen molar-refractivity contribution in [1.82, 2.24) is 20.0 Å². The summed E-state index contributed by atoms with van der Waals surface area (Å²) in [5, 5.41) is 7.67. The van der Waals surface area contributed by atoms with Crippen LogP contribution in [0, 0.1) is 0 Å². The van der Waals surface area contributed by atoms with E-state index in [1.54, 1.807) is 31.9 Å². The third-order valence-corrected chi connectivity index (χ3v) is 6.63. The zero-order valence-corrected chi connectivity index (χ0v) is 24.0. The number of rotatable bonds is 13. The van der Waals surface area contributed by atoms with Crippen molar-refractivity contribution in [3.05, 3.63) is 59.3 Å².